The fraction of sp³-hybridized carbons (Fsp3) is 0.759. The van der Waals surface area contributed by atoms with Gasteiger partial charge in [0, 0.05) is 62.5 Å². The molecular weight excluding hydrogens is 1040 g/mol. The molecule has 6 rings (SSSR count). The van der Waals surface area contributed by atoms with Gasteiger partial charge in [-0.05, 0) is 112 Å². The third kappa shape index (κ3) is 13.7. The Balaban J connectivity index is 1.23. The Kier molecular flexibility index (Phi) is 20.3. The van der Waals surface area contributed by atoms with Gasteiger partial charge in [-0.2, -0.15) is 8.42 Å². The second kappa shape index (κ2) is 25.2. The number of esters is 1. The maximum atomic E-state index is 14.7. The Labute approximate surface area is 457 Å². The van der Waals surface area contributed by atoms with Crippen molar-refractivity contribution < 1.29 is 85.4 Å². The molecule has 4 aliphatic rings. The average molecular weight is 1130 g/mol. The highest BCUT2D eigenvalue weighted by molar-refractivity contribution is 7.86. The van der Waals surface area contributed by atoms with Gasteiger partial charge in [0.25, 0.3) is 10.1 Å². The Morgan fingerprint density at radius 2 is 1.67 bits per heavy atom. The molecule has 0 amide bonds. The Bertz CT molecular complexity index is 2650. The quantitative estimate of drug-likeness (QED) is 0.0483. The highest BCUT2D eigenvalue weighted by Gasteiger charge is 2.59. The summed E-state index contributed by atoms with van der Waals surface area (Å²) < 4.78 is 84.9. The molecule has 18 atom stereocenters. The van der Waals surface area contributed by atoms with Crippen molar-refractivity contribution in [2.75, 3.05) is 40.0 Å². The van der Waals surface area contributed by atoms with E-state index in [0.717, 1.165) is 5.56 Å². The lowest BCUT2D eigenvalue weighted by Crippen LogP contribution is -2.61. The van der Waals surface area contributed by atoms with E-state index >= 15 is 0 Å². The van der Waals surface area contributed by atoms with E-state index in [1.807, 2.05) is 32.0 Å². The number of carboxylic acid groups (broad SMARTS) is 1. The number of benzene rings is 1. The number of nitrogens with one attached hydrogen (secondary N) is 1. The van der Waals surface area contributed by atoms with E-state index in [2.05, 4.69) is 10.5 Å². The fourth-order valence-electron chi connectivity index (χ4n) is 12.2. The highest BCUT2D eigenvalue weighted by Crippen LogP contribution is 2.44. The Morgan fingerprint density at radius 1 is 0.974 bits per heavy atom. The second-order valence-corrected chi connectivity index (χ2v) is 24.5. The van der Waals surface area contributed by atoms with Crippen LogP contribution in [-0.4, -0.2) is 187 Å². The van der Waals surface area contributed by atoms with Crippen LogP contribution in [0.2, 0.25) is 0 Å². The molecular formula is C54H84N4O19S. The summed E-state index contributed by atoms with van der Waals surface area (Å²) in [5, 5.41) is 51.8. The molecule has 0 spiro atoms. The predicted octanol–water partition coefficient (Wildman–Crippen LogP) is 4.36. The number of ether oxygens (including phenoxy) is 8. The van der Waals surface area contributed by atoms with Crippen LogP contribution in [0.1, 0.15) is 117 Å². The number of likely N-dealkylation sites (N-methyl/N-ethyl adjacent to an activating group) is 1. The first kappa shape index (κ1) is 62.9. The number of rotatable bonds is 17. The summed E-state index contributed by atoms with van der Waals surface area (Å²) >= 11 is 0. The molecule has 0 radical (unpaired) electrons. The van der Waals surface area contributed by atoms with E-state index in [1.165, 1.54) is 20.2 Å². The van der Waals surface area contributed by atoms with Gasteiger partial charge in [0.2, 0.25) is 5.43 Å². The van der Waals surface area contributed by atoms with Gasteiger partial charge in [-0.15, -0.1) is 0 Å². The van der Waals surface area contributed by atoms with Crippen molar-refractivity contribution in [1.29, 1.82) is 0 Å². The first-order chi connectivity index (χ1) is 36.4. The number of aryl methyl sites for hydroxylation is 2. The van der Waals surface area contributed by atoms with Crippen LogP contribution in [0.5, 0.6) is 0 Å². The summed E-state index contributed by atoms with van der Waals surface area (Å²) in [4.78, 5) is 54.1. The topological polar surface area (TPSA) is 299 Å². The molecule has 5 N–H and O–H groups in total. The fourth-order valence-corrected chi connectivity index (χ4v) is 13.4. The number of carbonyl (C=O) groups is 3. The number of cyclic esters (lactones) is 1. The molecule has 24 heteroatoms. The van der Waals surface area contributed by atoms with E-state index in [4.69, 9.17) is 42.1 Å². The largest absolute Gasteiger partial charge is 0.509 e. The number of carboxylic acids is 1. The van der Waals surface area contributed by atoms with Gasteiger partial charge in [-0.25, -0.2) is 9.59 Å². The molecule has 0 bridgehead atoms. The first-order valence-corrected chi connectivity index (χ1v) is 28.5. The zero-order chi connectivity index (χ0) is 58.0. The number of carbonyl (C=O) groups excluding carboxylic acids is 2. The van der Waals surface area contributed by atoms with Crippen LogP contribution in [0.15, 0.2) is 34.3 Å². The zero-order valence-corrected chi connectivity index (χ0v) is 48.3. The monoisotopic (exact) mass is 1120 g/mol. The van der Waals surface area contributed by atoms with E-state index in [0.29, 0.717) is 36.7 Å². The smallest absolute Gasteiger partial charge is 0.477 e. The zero-order valence-electron chi connectivity index (χ0n) is 47.5. The van der Waals surface area contributed by atoms with Gasteiger partial charge in [0.15, 0.2) is 24.3 Å². The summed E-state index contributed by atoms with van der Waals surface area (Å²) in [6.07, 6.45) is -9.05. The van der Waals surface area contributed by atoms with Crippen molar-refractivity contribution >= 4 is 44.8 Å². The van der Waals surface area contributed by atoms with Crippen molar-refractivity contribution in [1.82, 2.24) is 14.8 Å². The summed E-state index contributed by atoms with van der Waals surface area (Å²) in [6.45, 7) is 17.2. The Morgan fingerprint density at radius 3 is 2.29 bits per heavy atom. The van der Waals surface area contributed by atoms with Crippen LogP contribution in [0.25, 0.3) is 10.9 Å². The van der Waals surface area contributed by atoms with Gasteiger partial charge in [0.1, 0.15) is 23.9 Å². The number of fused-ring (bicyclic) bond motifs is 2. The predicted molar refractivity (Wildman–Crippen MR) is 284 cm³/mol. The lowest BCUT2D eigenvalue weighted by atomic mass is 9.73. The van der Waals surface area contributed by atoms with Crippen molar-refractivity contribution in [2.24, 2.45) is 35.9 Å². The number of pyridine rings is 1. The molecule has 23 nitrogen and oxygen atoms in total. The number of aliphatic hydroxyl groups is 2. The van der Waals surface area contributed by atoms with Gasteiger partial charge in [-0.3, -0.25) is 13.8 Å². The number of aliphatic hydroxyl groups excluding tert-OH is 1. The number of nitrogens with zero attached hydrogens (tertiary/aromatic N) is 3. The summed E-state index contributed by atoms with van der Waals surface area (Å²) in [7, 11) is 2.52. The third-order valence-electron chi connectivity index (χ3n) is 16.5. The van der Waals surface area contributed by atoms with Crippen molar-refractivity contribution in [3.05, 3.63) is 45.7 Å². The molecule has 4 saturated heterocycles. The maximum absolute atomic E-state index is 14.7. The number of methoxy groups -OCH3 is 1. The Hall–Kier alpha value is -4.34. The van der Waals surface area contributed by atoms with Crippen molar-refractivity contribution in [3.8, 4) is 0 Å². The summed E-state index contributed by atoms with van der Waals surface area (Å²) in [5.74, 6) is -6.13. The standard InChI is InChI=1S/C54H84N4O19S/c1-15-39-54(10)46(75-51(64)76-54)30(4)41(56-66)28(2)25-52(8,65)45(74-50-43(60)38(57(11)12)23-29(3)70-50)31(5)44(32(6)49(63)72-39)73-40-26-53(9,69-14)47(33(7)71-40)77-78(67,68)22-21-55-20-16-17-34-18-19-37-35(24-34)42(59)36(48(61)62)27-58(37)13/h18-19,24,27-33,38-40,43-47,50,55,60,65-66H,15-17,20-23,25-26H2,1-14H3,(H,61,62)/b56-41+/t28-,29-,30+,31+,32-,33+,38+,39-,40+,43-,44+,45-,46-,47+,50+,52-,53-,54-/m1/s1. The minimum atomic E-state index is -4.22. The molecule has 4 aliphatic heterocycles. The van der Waals surface area contributed by atoms with Gasteiger partial charge in [0.05, 0.1) is 58.5 Å². The van der Waals surface area contributed by atoms with Crippen LogP contribution in [-0.2, 0) is 70.5 Å². The molecule has 0 saturated carbocycles. The SMILES string of the molecule is CC[C@H]1OC(=O)[C@H](C)[C@@H](O[C@H]2C[C@@](C)(OC)[C@@H](OS(=O)(=O)CCNCCCc3ccc4c(c3)c(=O)c(C(=O)O)cn4C)[C@H](C)O2)[C@H](C)[C@@H](O[C@@H]2O[C@H](C)C[C@H](N(C)C)[C@H]2O)[C@](C)(O)C[C@@H](C)/C(=N\O)[C@H](C)[C@H]2OC(=O)O[C@@]21C. The summed E-state index contributed by atoms with van der Waals surface area (Å²) in [5.41, 5.74) is -4.09. The summed E-state index contributed by atoms with van der Waals surface area (Å²) in [6, 6.07) is 4.91. The molecule has 4 fully saturated rings. The minimum absolute atomic E-state index is 0.0399. The van der Waals surface area contributed by atoms with E-state index < -0.39 is 141 Å². The maximum Gasteiger partial charge on any atom is 0.509 e. The number of aromatic carboxylic acids is 1. The first-order valence-electron chi connectivity index (χ1n) is 26.9. The molecule has 78 heavy (non-hydrogen) atoms. The van der Waals surface area contributed by atoms with Gasteiger partial charge < -0.3 is 73.2 Å². The number of hydrogen-bond acceptors (Lipinski definition) is 21. The van der Waals surface area contributed by atoms with E-state index in [9.17, 15) is 48.1 Å². The average Bonchev–Trinajstić information content (AvgIpc) is 3.77. The lowest BCUT2D eigenvalue weighted by molar-refractivity contribution is -0.316. The van der Waals surface area contributed by atoms with E-state index in [-0.39, 0.29) is 43.2 Å². The number of hydrogen-bond donors (Lipinski definition) is 5. The van der Waals surface area contributed by atoms with Crippen LogP contribution >= 0.6 is 0 Å². The lowest BCUT2D eigenvalue weighted by Gasteiger charge is -2.49. The normalized spacial score (nSPS) is 37.9. The molecule has 1 aromatic heterocycles. The van der Waals surface area contributed by atoms with Crippen LogP contribution in [0, 0.1) is 23.7 Å². The highest BCUT2D eigenvalue weighted by atomic mass is 32.2. The molecule has 440 valence electrons. The van der Waals surface area contributed by atoms with Gasteiger partial charge >= 0.3 is 18.1 Å². The molecule has 0 aliphatic carbocycles. The molecule has 0 unspecified atom stereocenters. The van der Waals surface area contributed by atoms with Crippen LogP contribution < -0.4 is 10.7 Å². The second-order valence-electron chi connectivity index (χ2n) is 22.8. The van der Waals surface area contributed by atoms with Crippen molar-refractivity contribution in [2.45, 2.75) is 192 Å². The number of aromatic nitrogens is 1. The van der Waals surface area contributed by atoms with Crippen molar-refractivity contribution in [3.63, 3.8) is 0 Å². The van der Waals surface area contributed by atoms with Crippen LogP contribution in [0.3, 0.4) is 0 Å². The minimum Gasteiger partial charge on any atom is -0.477 e. The molecule has 1 aromatic carbocycles. The third-order valence-corrected chi connectivity index (χ3v) is 17.7. The molecule has 5 heterocycles. The van der Waals surface area contributed by atoms with Gasteiger partial charge in [-0.1, -0.05) is 38.9 Å². The van der Waals surface area contributed by atoms with E-state index in [1.54, 1.807) is 79.1 Å². The van der Waals surface area contributed by atoms with Crippen LogP contribution in [0.4, 0.5) is 4.79 Å². The molecule has 2 aromatic rings. The number of oxime groups is 1.